The predicted octanol–water partition coefficient (Wildman–Crippen LogP) is 2.38. The molecule has 0 aliphatic heterocycles. The molecule has 2 heterocycles. The van der Waals surface area contributed by atoms with Crippen molar-refractivity contribution in [3.8, 4) is 0 Å². The number of esters is 1. The molecule has 3 rings (SSSR count). The predicted molar refractivity (Wildman–Crippen MR) is 78.3 cm³/mol. The molecule has 0 spiro atoms. The van der Waals surface area contributed by atoms with E-state index in [1.807, 2.05) is 0 Å². The van der Waals surface area contributed by atoms with Gasteiger partial charge in [-0.3, -0.25) is 0 Å². The third-order valence-corrected chi connectivity index (χ3v) is 4.40. The van der Waals surface area contributed by atoms with Gasteiger partial charge in [-0.1, -0.05) is 5.16 Å². The van der Waals surface area contributed by atoms with Gasteiger partial charge in [-0.2, -0.15) is 4.98 Å². The molecule has 2 aromatic heterocycles. The zero-order valence-electron chi connectivity index (χ0n) is 11.6. The highest BCUT2D eigenvalue weighted by molar-refractivity contribution is 7.18. The second-order valence-electron chi connectivity index (χ2n) is 4.78. The molecule has 3 N–H and O–H groups in total. The molecule has 8 heteroatoms. The molecule has 1 saturated carbocycles. The van der Waals surface area contributed by atoms with E-state index in [1.165, 1.54) is 17.7 Å². The number of hydrogen-bond donors (Lipinski definition) is 2. The van der Waals surface area contributed by atoms with Gasteiger partial charge in [-0.25, -0.2) is 4.79 Å². The van der Waals surface area contributed by atoms with Gasteiger partial charge in [0.25, 0.3) is 0 Å². The molecule has 112 valence electrons. The van der Waals surface area contributed by atoms with Gasteiger partial charge in [-0.15, -0.1) is 11.3 Å². The third kappa shape index (κ3) is 2.85. The molecule has 1 fully saturated rings. The smallest absolute Gasteiger partial charge is 0.350 e. The minimum Gasteiger partial charge on any atom is -0.462 e. The Morgan fingerprint density at radius 2 is 2.43 bits per heavy atom. The summed E-state index contributed by atoms with van der Waals surface area (Å²) in [6.07, 6.45) is 3.48. The molecular weight excluding hydrogens is 292 g/mol. The topological polar surface area (TPSA) is 103 Å². The highest BCUT2D eigenvalue weighted by Gasteiger charge is 2.33. The first-order valence-electron chi connectivity index (χ1n) is 6.79. The molecule has 0 aromatic carbocycles. The maximum atomic E-state index is 11.9. The van der Waals surface area contributed by atoms with E-state index in [4.69, 9.17) is 15.0 Å². The zero-order valence-corrected chi connectivity index (χ0v) is 12.4. The van der Waals surface area contributed by atoms with Crippen molar-refractivity contribution >= 4 is 28.0 Å². The van der Waals surface area contributed by atoms with Crippen LogP contribution in [0.1, 0.15) is 46.7 Å². The molecule has 0 amide bonds. The van der Waals surface area contributed by atoms with Gasteiger partial charge in [-0.05, 0) is 25.7 Å². The SMILES string of the molecule is CCOC(=O)c1sc(NCc2ncon2)c(C2CC2)c1N. The lowest BCUT2D eigenvalue weighted by atomic mass is 10.1. The van der Waals surface area contributed by atoms with Crippen molar-refractivity contribution in [2.75, 3.05) is 17.7 Å². The Labute approximate surface area is 125 Å². The Morgan fingerprint density at radius 3 is 3.05 bits per heavy atom. The van der Waals surface area contributed by atoms with Crippen molar-refractivity contribution in [3.05, 3.63) is 22.7 Å². The number of aromatic nitrogens is 2. The van der Waals surface area contributed by atoms with E-state index in [2.05, 4.69) is 15.5 Å². The van der Waals surface area contributed by atoms with Crippen molar-refractivity contribution in [3.63, 3.8) is 0 Å². The summed E-state index contributed by atoms with van der Waals surface area (Å²) in [7, 11) is 0. The molecule has 21 heavy (non-hydrogen) atoms. The van der Waals surface area contributed by atoms with E-state index in [0.29, 0.717) is 35.5 Å². The summed E-state index contributed by atoms with van der Waals surface area (Å²) >= 11 is 1.33. The molecule has 0 unspecified atom stereocenters. The van der Waals surface area contributed by atoms with Crippen LogP contribution in [0.2, 0.25) is 0 Å². The molecule has 2 aromatic rings. The first-order chi connectivity index (χ1) is 10.2. The van der Waals surface area contributed by atoms with Gasteiger partial charge in [0.15, 0.2) is 5.82 Å². The molecule has 0 saturated heterocycles. The highest BCUT2D eigenvalue weighted by Crippen LogP contribution is 2.51. The number of anilines is 2. The normalized spacial score (nSPS) is 14.1. The number of hydrogen-bond acceptors (Lipinski definition) is 8. The summed E-state index contributed by atoms with van der Waals surface area (Å²) in [4.78, 5) is 16.4. The fourth-order valence-corrected chi connectivity index (χ4v) is 3.24. The van der Waals surface area contributed by atoms with Crippen molar-refractivity contribution < 1.29 is 14.1 Å². The number of nitrogens with zero attached hydrogens (tertiary/aromatic N) is 2. The van der Waals surface area contributed by atoms with Gasteiger partial charge in [0.1, 0.15) is 4.88 Å². The number of carbonyl (C=O) groups excluding carboxylic acids is 1. The number of thiophene rings is 1. The summed E-state index contributed by atoms with van der Waals surface area (Å²) < 4.78 is 9.75. The number of nitrogen functional groups attached to an aromatic ring is 1. The number of nitrogens with one attached hydrogen (secondary N) is 1. The Bertz CT molecular complexity index is 634. The van der Waals surface area contributed by atoms with E-state index < -0.39 is 0 Å². The summed E-state index contributed by atoms with van der Waals surface area (Å²) in [6, 6.07) is 0. The molecule has 0 bridgehead atoms. The Hall–Kier alpha value is -2.09. The maximum absolute atomic E-state index is 11.9. The molecule has 7 nitrogen and oxygen atoms in total. The van der Waals surface area contributed by atoms with Crippen molar-refractivity contribution in [1.29, 1.82) is 0 Å². The maximum Gasteiger partial charge on any atom is 0.350 e. The monoisotopic (exact) mass is 308 g/mol. The second kappa shape index (κ2) is 5.72. The van der Waals surface area contributed by atoms with E-state index in [1.54, 1.807) is 6.92 Å². The van der Waals surface area contributed by atoms with Crippen molar-refractivity contribution in [2.24, 2.45) is 0 Å². The average molecular weight is 308 g/mol. The Kier molecular flexibility index (Phi) is 3.78. The minimum atomic E-state index is -0.366. The number of ether oxygens (including phenoxy) is 1. The summed E-state index contributed by atoms with van der Waals surface area (Å²) in [5.74, 6) is 0.619. The van der Waals surface area contributed by atoms with Crippen LogP contribution >= 0.6 is 11.3 Å². The van der Waals surface area contributed by atoms with Gasteiger partial charge in [0.05, 0.1) is 23.8 Å². The average Bonchev–Trinajstić information content (AvgIpc) is 3.05. The van der Waals surface area contributed by atoms with E-state index in [9.17, 15) is 4.79 Å². The number of nitrogens with two attached hydrogens (primary N) is 1. The standard InChI is InChI=1S/C13H16N4O3S/c1-2-19-13(18)11-10(14)9(7-3-4-7)12(21-11)15-5-8-16-6-20-17-8/h6-7,15H,2-5,14H2,1H3. The van der Waals surface area contributed by atoms with Crippen LogP contribution in [0.4, 0.5) is 10.7 Å². The lowest BCUT2D eigenvalue weighted by Crippen LogP contribution is -2.05. The van der Waals surface area contributed by atoms with Gasteiger partial charge < -0.3 is 20.3 Å². The highest BCUT2D eigenvalue weighted by atomic mass is 32.1. The molecular formula is C13H16N4O3S. The van der Waals surface area contributed by atoms with Crippen molar-refractivity contribution in [1.82, 2.24) is 10.1 Å². The zero-order chi connectivity index (χ0) is 14.8. The summed E-state index contributed by atoms with van der Waals surface area (Å²) in [6.45, 7) is 2.54. The minimum absolute atomic E-state index is 0.334. The fourth-order valence-electron chi connectivity index (χ4n) is 2.14. The number of carbonyl (C=O) groups is 1. The van der Waals surface area contributed by atoms with Gasteiger partial charge in [0.2, 0.25) is 6.39 Å². The van der Waals surface area contributed by atoms with Crippen LogP contribution in [0.15, 0.2) is 10.9 Å². The van der Waals surface area contributed by atoms with Crippen LogP contribution in [-0.4, -0.2) is 22.7 Å². The van der Waals surface area contributed by atoms with E-state index >= 15 is 0 Å². The Morgan fingerprint density at radius 1 is 1.62 bits per heavy atom. The lowest BCUT2D eigenvalue weighted by Gasteiger charge is -2.04. The van der Waals surface area contributed by atoms with Crippen LogP contribution in [0.25, 0.3) is 0 Å². The van der Waals surface area contributed by atoms with Crippen molar-refractivity contribution in [2.45, 2.75) is 32.2 Å². The second-order valence-corrected chi connectivity index (χ2v) is 5.80. The number of rotatable bonds is 6. The first kappa shape index (κ1) is 13.9. The van der Waals surface area contributed by atoms with Crippen LogP contribution < -0.4 is 11.1 Å². The van der Waals surface area contributed by atoms with Crippen LogP contribution in [0, 0.1) is 0 Å². The summed E-state index contributed by atoms with van der Waals surface area (Å²) in [5.41, 5.74) is 7.70. The largest absolute Gasteiger partial charge is 0.462 e. The van der Waals surface area contributed by atoms with E-state index in [0.717, 1.165) is 23.4 Å². The molecule has 0 atom stereocenters. The molecule has 1 aliphatic rings. The molecule has 0 radical (unpaired) electrons. The molecule has 1 aliphatic carbocycles. The fraction of sp³-hybridized carbons (Fsp3) is 0.462. The quantitative estimate of drug-likeness (QED) is 0.789. The third-order valence-electron chi connectivity index (χ3n) is 3.24. The Balaban J connectivity index is 1.84. The van der Waals surface area contributed by atoms with Crippen LogP contribution in [0.3, 0.4) is 0 Å². The lowest BCUT2D eigenvalue weighted by molar-refractivity contribution is 0.0533. The van der Waals surface area contributed by atoms with E-state index in [-0.39, 0.29) is 5.97 Å². The first-order valence-corrected chi connectivity index (χ1v) is 7.60. The van der Waals surface area contributed by atoms with Crippen LogP contribution in [0.5, 0.6) is 0 Å². The van der Waals surface area contributed by atoms with Gasteiger partial charge in [0, 0.05) is 5.56 Å². The van der Waals surface area contributed by atoms with Crippen LogP contribution in [-0.2, 0) is 11.3 Å². The summed E-state index contributed by atoms with van der Waals surface area (Å²) in [5, 5.41) is 7.88. The van der Waals surface area contributed by atoms with Gasteiger partial charge >= 0.3 is 5.97 Å².